The molecule has 5 heteroatoms. The van der Waals surface area contributed by atoms with Crippen LogP contribution < -0.4 is 0 Å². The molecule has 1 aromatic carbocycles. The summed E-state index contributed by atoms with van der Waals surface area (Å²) in [6.07, 6.45) is -2.33. The molecule has 2 heterocycles. The van der Waals surface area contributed by atoms with E-state index in [1.54, 1.807) is 6.07 Å². The molecule has 2 saturated heterocycles. The fraction of sp³-hybridized carbons (Fsp3) is 0.571. The predicted octanol–water partition coefficient (Wildman–Crippen LogP) is 2.76. The standard InChI is InChI=1S/C14H16F3NO/c15-14(16,17)11-5-2-1-4-10(11)13(19)7-9-18-8-3-6-12(13)18/h1-2,4-5,12,19H,3,6-9H2. The summed E-state index contributed by atoms with van der Waals surface area (Å²) in [6.45, 7) is 1.55. The van der Waals surface area contributed by atoms with Crippen LogP contribution in [-0.4, -0.2) is 29.1 Å². The lowest BCUT2D eigenvalue weighted by molar-refractivity contribution is -0.141. The van der Waals surface area contributed by atoms with Crippen LogP contribution in [0.5, 0.6) is 0 Å². The fourth-order valence-electron chi connectivity index (χ4n) is 3.54. The second-order valence-corrected chi connectivity index (χ2v) is 5.41. The Morgan fingerprint density at radius 1 is 1.21 bits per heavy atom. The molecule has 0 radical (unpaired) electrons. The maximum atomic E-state index is 13.1. The van der Waals surface area contributed by atoms with Gasteiger partial charge in [-0.25, -0.2) is 0 Å². The minimum absolute atomic E-state index is 0.0388. The quantitative estimate of drug-likeness (QED) is 0.849. The summed E-state index contributed by atoms with van der Waals surface area (Å²) in [6, 6.07) is 5.25. The first-order valence-corrected chi connectivity index (χ1v) is 6.56. The van der Waals surface area contributed by atoms with Gasteiger partial charge in [0.2, 0.25) is 0 Å². The highest BCUT2D eigenvalue weighted by Gasteiger charge is 2.51. The van der Waals surface area contributed by atoms with Crippen LogP contribution in [0.4, 0.5) is 13.2 Å². The van der Waals surface area contributed by atoms with E-state index in [0.29, 0.717) is 13.0 Å². The Hall–Kier alpha value is -1.07. The molecule has 0 saturated carbocycles. The van der Waals surface area contributed by atoms with Crippen molar-refractivity contribution in [1.29, 1.82) is 0 Å². The Bertz CT molecular complexity index is 488. The molecule has 1 N–H and O–H groups in total. The molecule has 19 heavy (non-hydrogen) atoms. The van der Waals surface area contributed by atoms with E-state index in [0.717, 1.165) is 25.5 Å². The Labute approximate surface area is 109 Å². The highest BCUT2D eigenvalue weighted by molar-refractivity contribution is 5.37. The molecule has 2 aliphatic heterocycles. The summed E-state index contributed by atoms with van der Waals surface area (Å²) in [4.78, 5) is 2.10. The van der Waals surface area contributed by atoms with Gasteiger partial charge in [0.15, 0.2) is 0 Å². The van der Waals surface area contributed by atoms with Gasteiger partial charge in [-0.1, -0.05) is 18.2 Å². The largest absolute Gasteiger partial charge is 0.416 e. The summed E-state index contributed by atoms with van der Waals surface area (Å²) < 4.78 is 39.3. The van der Waals surface area contributed by atoms with Crippen molar-refractivity contribution >= 4 is 0 Å². The Morgan fingerprint density at radius 2 is 1.95 bits per heavy atom. The molecule has 2 unspecified atom stereocenters. The second-order valence-electron chi connectivity index (χ2n) is 5.41. The van der Waals surface area contributed by atoms with Gasteiger partial charge in [0.1, 0.15) is 5.60 Å². The summed E-state index contributed by atoms with van der Waals surface area (Å²) in [5.41, 5.74) is -2.02. The number of halogens is 3. The van der Waals surface area contributed by atoms with E-state index in [1.807, 2.05) is 0 Å². The van der Waals surface area contributed by atoms with Gasteiger partial charge in [0.05, 0.1) is 5.56 Å². The van der Waals surface area contributed by atoms with E-state index in [2.05, 4.69) is 4.90 Å². The highest BCUT2D eigenvalue weighted by Crippen LogP contribution is 2.46. The predicted molar refractivity (Wildman–Crippen MR) is 64.6 cm³/mol. The maximum absolute atomic E-state index is 13.1. The van der Waals surface area contributed by atoms with Crippen LogP contribution in [0.2, 0.25) is 0 Å². The van der Waals surface area contributed by atoms with E-state index in [4.69, 9.17) is 0 Å². The first-order chi connectivity index (χ1) is 8.93. The van der Waals surface area contributed by atoms with Crippen LogP contribution in [0.1, 0.15) is 30.4 Å². The first-order valence-electron chi connectivity index (χ1n) is 6.56. The zero-order valence-corrected chi connectivity index (χ0v) is 10.5. The topological polar surface area (TPSA) is 23.5 Å². The van der Waals surface area contributed by atoms with Gasteiger partial charge in [-0.3, -0.25) is 4.90 Å². The highest BCUT2D eigenvalue weighted by atomic mass is 19.4. The van der Waals surface area contributed by atoms with Crippen LogP contribution in [0, 0.1) is 0 Å². The molecule has 3 rings (SSSR count). The first kappa shape index (κ1) is 12.9. The lowest BCUT2D eigenvalue weighted by Gasteiger charge is -2.32. The van der Waals surface area contributed by atoms with E-state index in [9.17, 15) is 18.3 Å². The van der Waals surface area contributed by atoms with E-state index in [1.165, 1.54) is 12.1 Å². The minimum atomic E-state index is -4.42. The smallest absolute Gasteiger partial charge is 0.383 e. The summed E-state index contributed by atoms with van der Waals surface area (Å²) in [7, 11) is 0. The normalized spacial score (nSPS) is 31.7. The number of nitrogens with zero attached hydrogens (tertiary/aromatic N) is 1. The third-order valence-corrected chi connectivity index (χ3v) is 4.39. The van der Waals surface area contributed by atoms with Crippen LogP contribution in [0.25, 0.3) is 0 Å². The average molecular weight is 271 g/mol. The van der Waals surface area contributed by atoms with Crippen LogP contribution in [0.3, 0.4) is 0 Å². The van der Waals surface area contributed by atoms with Crippen molar-refractivity contribution in [1.82, 2.24) is 4.90 Å². The third kappa shape index (κ3) is 1.96. The molecule has 2 fully saturated rings. The summed E-state index contributed by atoms with van der Waals surface area (Å²) >= 11 is 0. The molecule has 2 nitrogen and oxygen atoms in total. The van der Waals surface area contributed by atoms with Gasteiger partial charge in [-0.2, -0.15) is 13.2 Å². The number of benzene rings is 1. The zero-order chi connectivity index (χ0) is 13.7. The number of fused-ring (bicyclic) bond motifs is 1. The number of hydrogen-bond acceptors (Lipinski definition) is 2. The van der Waals surface area contributed by atoms with E-state index >= 15 is 0 Å². The van der Waals surface area contributed by atoms with Crippen molar-refractivity contribution < 1.29 is 18.3 Å². The summed E-state index contributed by atoms with van der Waals surface area (Å²) in [5, 5.41) is 10.8. The molecular weight excluding hydrogens is 255 g/mol. The molecule has 104 valence electrons. The van der Waals surface area contributed by atoms with Crippen LogP contribution in [-0.2, 0) is 11.8 Å². The number of aliphatic hydroxyl groups is 1. The number of rotatable bonds is 1. The van der Waals surface area contributed by atoms with Gasteiger partial charge in [-0.05, 0) is 37.4 Å². The fourth-order valence-corrected chi connectivity index (χ4v) is 3.54. The van der Waals surface area contributed by atoms with Gasteiger partial charge >= 0.3 is 6.18 Å². The molecule has 0 bridgehead atoms. The van der Waals surface area contributed by atoms with Gasteiger partial charge in [0, 0.05) is 12.6 Å². The van der Waals surface area contributed by atoms with Crippen molar-refractivity contribution in [3.8, 4) is 0 Å². The van der Waals surface area contributed by atoms with Crippen molar-refractivity contribution in [2.24, 2.45) is 0 Å². The van der Waals surface area contributed by atoms with Crippen molar-refractivity contribution in [2.75, 3.05) is 13.1 Å². The van der Waals surface area contributed by atoms with Crippen LogP contribution >= 0.6 is 0 Å². The number of alkyl halides is 3. The van der Waals surface area contributed by atoms with E-state index in [-0.39, 0.29) is 11.6 Å². The van der Waals surface area contributed by atoms with Crippen LogP contribution in [0.15, 0.2) is 24.3 Å². The molecule has 1 aromatic rings. The van der Waals surface area contributed by atoms with Gasteiger partial charge in [0.25, 0.3) is 0 Å². The second kappa shape index (κ2) is 4.21. The molecule has 2 atom stereocenters. The van der Waals surface area contributed by atoms with Crippen molar-refractivity contribution in [3.63, 3.8) is 0 Å². The SMILES string of the molecule is OC1(c2ccccc2C(F)(F)F)CCN2CCCC21. The summed E-state index contributed by atoms with van der Waals surface area (Å²) in [5.74, 6) is 0. The maximum Gasteiger partial charge on any atom is 0.416 e. The van der Waals surface area contributed by atoms with Crippen molar-refractivity contribution in [3.05, 3.63) is 35.4 Å². The zero-order valence-electron chi connectivity index (χ0n) is 10.5. The van der Waals surface area contributed by atoms with Crippen molar-refractivity contribution in [2.45, 2.75) is 37.1 Å². The minimum Gasteiger partial charge on any atom is -0.383 e. The van der Waals surface area contributed by atoms with Gasteiger partial charge < -0.3 is 5.11 Å². The lowest BCUT2D eigenvalue weighted by atomic mass is 9.82. The van der Waals surface area contributed by atoms with E-state index < -0.39 is 17.3 Å². The molecule has 0 amide bonds. The lowest BCUT2D eigenvalue weighted by Crippen LogP contribution is -2.40. The molecular formula is C14H16F3NO. The Balaban J connectivity index is 2.07. The Kier molecular flexibility index (Phi) is 2.87. The molecule has 0 spiro atoms. The average Bonchev–Trinajstić information content (AvgIpc) is 2.94. The Morgan fingerprint density at radius 3 is 2.68 bits per heavy atom. The molecule has 2 aliphatic rings. The third-order valence-electron chi connectivity index (χ3n) is 4.39. The molecule has 0 aliphatic carbocycles. The number of hydrogen-bond donors (Lipinski definition) is 1. The monoisotopic (exact) mass is 271 g/mol. The molecule has 0 aromatic heterocycles. The van der Waals surface area contributed by atoms with Gasteiger partial charge in [-0.15, -0.1) is 0 Å².